The van der Waals surface area contributed by atoms with E-state index in [1.165, 1.54) is 25.4 Å². The number of rotatable bonds is 9. The van der Waals surface area contributed by atoms with E-state index in [1.54, 1.807) is 11.8 Å². The zero-order chi connectivity index (χ0) is 26.5. The maximum absolute atomic E-state index is 14.4. The first-order valence-electron chi connectivity index (χ1n) is 11.6. The second-order valence-electron chi connectivity index (χ2n) is 9.02. The number of piperidine rings is 1. The molecule has 1 aliphatic rings. The van der Waals surface area contributed by atoms with E-state index in [4.69, 9.17) is 9.47 Å². The number of benzene rings is 1. The summed E-state index contributed by atoms with van der Waals surface area (Å²) in [7, 11) is -3.55. The summed E-state index contributed by atoms with van der Waals surface area (Å²) in [6, 6.07) is 3.39. The van der Waals surface area contributed by atoms with Gasteiger partial charge >= 0.3 is 0 Å². The Kier molecular flexibility index (Phi) is 8.83. The van der Waals surface area contributed by atoms with E-state index in [9.17, 15) is 22.4 Å². The van der Waals surface area contributed by atoms with Crippen LogP contribution in [0.1, 0.15) is 38.7 Å². The van der Waals surface area contributed by atoms with Gasteiger partial charge in [0.2, 0.25) is 23.6 Å². The van der Waals surface area contributed by atoms with Crippen LogP contribution in [0.3, 0.4) is 0 Å². The molecular weight excluding hydrogens is 491 g/mol. The number of ether oxygens (including phenoxy) is 2. The number of nitrogens with one attached hydrogen (secondary N) is 1. The molecule has 1 aliphatic heterocycles. The Morgan fingerprint density at radius 1 is 1.22 bits per heavy atom. The van der Waals surface area contributed by atoms with Crippen molar-refractivity contribution >= 4 is 21.7 Å². The molecule has 196 valence electrons. The van der Waals surface area contributed by atoms with Crippen molar-refractivity contribution in [1.82, 2.24) is 20.2 Å². The molecule has 12 heteroatoms. The monoisotopic (exact) mass is 522 g/mol. The maximum Gasteiger partial charge on any atom is 0.229 e. The average Bonchev–Trinajstić information content (AvgIpc) is 2.81. The van der Waals surface area contributed by atoms with Gasteiger partial charge in [0.15, 0.2) is 21.4 Å². The fourth-order valence-corrected chi connectivity index (χ4v) is 4.37. The zero-order valence-corrected chi connectivity index (χ0v) is 21.6. The Labute approximate surface area is 210 Å². The summed E-state index contributed by atoms with van der Waals surface area (Å²) >= 11 is 0. The Morgan fingerprint density at radius 3 is 2.50 bits per heavy atom. The van der Waals surface area contributed by atoms with Crippen molar-refractivity contribution in [1.29, 1.82) is 0 Å². The summed E-state index contributed by atoms with van der Waals surface area (Å²) in [5.74, 6) is -0.644. The molecule has 1 saturated heterocycles. The minimum atomic E-state index is -3.55. The van der Waals surface area contributed by atoms with Crippen LogP contribution in [0, 0.1) is 18.7 Å². The average molecular weight is 523 g/mol. The van der Waals surface area contributed by atoms with Crippen LogP contribution in [0.5, 0.6) is 17.5 Å². The number of hydrogen-bond donors (Lipinski definition) is 1. The van der Waals surface area contributed by atoms with Crippen molar-refractivity contribution in [2.24, 2.45) is 5.92 Å². The number of carbonyl (C=O) groups is 2. The molecule has 1 fully saturated rings. The van der Waals surface area contributed by atoms with E-state index in [2.05, 4.69) is 15.3 Å². The lowest BCUT2D eigenvalue weighted by Crippen LogP contribution is -2.42. The highest BCUT2D eigenvalue weighted by Crippen LogP contribution is 2.31. The number of carbonyl (C=O) groups excluding carboxylic acids is 2. The number of likely N-dealkylation sites (tertiary alicyclic amines) is 1. The molecule has 2 aromatic rings. The smallest absolute Gasteiger partial charge is 0.229 e. The maximum atomic E-state index is 14.4. The predicted octanol–water partition coefficient (Wildman–Crippen LogP) is 2.65. The molecule has 1 unspecified atom stereocenters. The highest BCUT2D eigenvalue weighted by Gasteiger charge is 2.26. The molecule has 0 spiro atoms. The number of aromatic nitrogens is 2. The summed E-state index contributed by atoms with van der Waals surface area (Å²) < 4.78 is 49.3. The third-order valence-corrected chi connectivity index (χ3v) is 6.94. The number of halogens is 1. The van der Waals surface area contributed by atoms with Gasteiger partial charge in [-0.3, -0.25) is 9.59 Å². The van der Waals surface area contributed by atoms with Crippen LogP contribution in [0.2, 0.25) is 0 Å². The first kappa shape index (κ1) is 27.3. The first-order chi connectivity index (χ1) is 16.9. The van der Waals surface area contributed by atoms with Gasteiger partial charge in [0.05, 0.1) is 10.5 Å². The van der Waals surface area contributed by atoms with Crippen LogP contribution in [0.4, 0.5) is 4.39 Å². The molecule has 1 aromatic heterocycles. The molecule has 1 atom stereocenters. The van der Waals surface area contributed by atoms with Gasteiger partial charge in [-0.15, -0.1) is 0 Å². The predicted molar refractivity (Wildman–Crippen MR) is 129 cm³/mol. The van der Waals surface area contributed by atoms with Crippen molar-refractivity contribution in [2.75, 3.05) is 25.9 Å². The minimum Gasteiger partial charge on any atom is -0.474 e. The van der Waals surface area contributed by atoms with Crippen LogP contribution in [-0.2, 0) is 19.4 Å². The lowest BCUT2D eigenvalue weighted by molar-refractivity contribution is -0.134. The summed E-state index contributed by atoms with van der Waals surface area (Å²) in [5, 5.41) is 2.73. The van der Waals surface area contributed by atoms with Gasteiger partial charge in [-0.25, -0.2) is 22.8 Å². The van der Waals surface area contributed by atoms with E-state index >= 15 is 0 Å². The second kappa shape index (κ2) is 11.6. The molecule has 36 heavy (non-hydrogen) atoms. The molecule has 0 radical (unpaired) electrons. The van der Waals surface area contributed by atoms with Gasteiger partial charge in [-0.2, -0.15) is 0 Å². The third-order valence-electron chi connectivity index (χ3n) is 5.83. The molecule has 0 aliphatic carbocycles. The Bertz CT molecular complexity index is 1220. The lowest BCUT2D eigenvalue weighted by Gasteiger charge is -2.32. The molecule has 0 bridgehead atoms. The van der Waals surface area contributed by atoms with Gasteiger partial charge < -0.3 is 19.7 Å². The van der Waals surface area contributed by atoms with Crippen molar-refractivity contribution < 1.29 is 31.9 Å². The fraction of sp³-hybridized carbons (Fsp3) is 0.500. The summed E-state index contributed by atoms with van der Waals surface area (Å²) in [6.45, 7) is 6.60. The van der Waals surface area contributed by atoms with Gasteiger partial charge in [0.25, 0.3) is 0 Å². The molecule has 3 rings (SSSR count). The van der Waals surface area contributed by atoms with Gasteiger partial charge in [-0.05, 0) is 31.0 Å². The van der Waals surface area contributed by atoms with E-state index in [-0.39, 0.29) is 40.4 Å². The van der Waals surface area contributed by atoms with Crippen molar-refractivity contribution in [3.63, 3.8) is 0 Å². The lowest BCUT2D eigenvalue weighted by atomic mass is 10.0. The number of nitrogens with zero attached hydrogens (tertiary/aromatic N) is 3. The second-order valence-corrected chi connectivity index (χ2v) is 11.0. The van der Waals surface area contributed by atoms with E-state index in [0.29, 0.717) is 50.3 Å². The van der Waals surface area contributed by atoms with Crippen LogP contribution >= 0.6 is 0 Å². The third kappa shape index (κ3) is 7.36. The number of sulfone groups is 1. The SMILES string of the molecule is CC(=O)NCC(C)CC(=O)N1CCC(Oc2ncnc(Oc3ccc(S(C)(=O)=O)cc3F)c2C)CC1. The molecule has 10 nitrogen and oxygen atoms in total. The molecule has 2 heterocycles. The normalized spacial score (nSPS) is 15.3. The Balaban J connectivity index is 1.57. The fourth-order valence-electron chi connectivity index (χ4n) is 3.74. The summed E-state index contributed by atoms with van der Waals surface area (Å²) in [4.78, 5) is 33.5. The first-order valence-corrected chi connectivity index (χ1v) is 13.5. The largest absolute Gasteiger partial charge is 0.474 e. The van der Waals surface area contributed by atoms with Crippen molar-refractivity contribution in [3.05, 3.63) is 35.9 Å². The van der Waals surface area contributed by atoms with Crippen LogP contribution in [0.15, 0.2) is 29.4 Å². The Morgan fingerprint density at radius 2 is 1.89 bits per heavy atom. The van der Waals surface area contributed by atoms with Gasteiger partial charge in [0.1, 0.15) is 12.4 Å². The minimum absolute atomic E-state index is 0.0455. The standard InChI is InChI=1S/C24H31FN4O6S/c1-15(13-26-17(3)30)11-22(31)29-9-7-18(8-10-29)34-23-16(2)24(28-14-27-23)35-21-6-5-19(12-20(21)25)36(4,32)33/h5-6,12,14-15,18H,7-11,13H2,1-4H3,(H,26,30). The van der Waals surface area contributed by atoms with Crippen LogP contribution < -0.4 is 14.8 Å². The van der Waals surface area contributed by atoms with Gasteiger partial charge in [-0.1, -0.05) is 6.92 Å². The van der Waals surface area contributed by atoms with Crippen molar-refractivity contribution in [3.8, 4) is 17.5 Å². The van der Waals surface area contributed by atoms with E-state index < -0.39 is 15.7 Å². The quantitative estimate of drug-likeness (QED) is 0.532. The molecule has 1 N–H and O–H groups in total. The van der Waals surface area contributed by atoms with Crippen molar-refractivity contribution in [2.45, 2.75) is 51.0 Å². The molecule has 0 saturated carbocycles. The zero-order valence-electron chi connectivity index (χ0n) is 20.8. The summed E-state index contributed by atoms with van der Waals surface area (Å²) in [5.41, 5.74) is 0.467. The summed E-state index contributed by atoms with van der Waals surface area (Å²) in [6.07, 6.45) is 3.67. The van der Waals surface area contributed by atoms with Crippen LogP contribution in [0.25, 0.3) is 0 Å². The molecule has 2 amide bonds. The number of hydrogen-bond acceptors (Lipinski definition) is 8. The molecule has 1 aromatic carbocycles. The van der Waals surface area contributed by atoms with E-state index in [1.807, 2.05) is 6.92 Å². The van der Waals surface area contributed by atoms with Crippen LogP contribution in [-0.4, -0.2) is 67.1 Å². The van der Waals surface area contributed by atoms with Gasteiger partial charge in [0, 0.05) is 52.1 Å². The topological polar surface area (TPSA) is 128 Å². The number of amides is 2. The Hall–Kier alpha value is -3.28. The molecular formula is C24H31FN4O6S. The highest BCUT2D eigenvalue weighted by molar-refractivity contribution is 7.90. The van der Waals surface area contributed by atoms with E-state index in [0.717, 1.165) is 12.3 Å². The highest BCUT2D eigenvalue weighted by atomic mass is 32.2.